The van der Waals surface area contributed by atoms with Gasteiger partial charge in [-0.25, -0.2) is 4.98 Å². The van der Waals surface area contributed by atoms with Gasteiger partial charge in [0.05, 0.1) is 0 Å². The molecule has 1 fully saturated rings. The van der Waals surface area contributed by atoms with Crippen LogP contribution in [0.15, 0.2) is 47.8 Å². The van der Waals surface area contributed by atoms with Crippen LogP contribution in [-0.4, -0.2) is 46.9 Å². The number of hydrogen-bond acceptors (Lipinski definition) is 4. The van der Waals surface area contributed by atoms with E-state index in [0.29, 0.717) is 10.7 Å². The molecule has 1 aliphatic rings. The third-order valence-corrected chi connectivity index (χ3v) is 5.50. The Bertz CT molecular complexity index is 980. The molecule has 1 amide bonds. The summed E-state index contributed by atoms with van der Waals surface area (Å²) in [5.74, 6) is 2.46. The molecule has 0 atom stereocenters. The zero-order valence-electron chi connectivity index (χ0n) is 14.4. The number of amides is 1. The van der Waals surface area contributed by atoms with E-state index in [2.05, 4.69) is 58.3 Å². The maximum absolute atomic E-state index is 12.5. The number of nitrogens with zero attached hydrogens (tertiary/aromatic N) is 3. The lowest BCUT2D eigenvalue weighted by atomic mass is 10.1. The smallest absolute Gasteiger partial charge is 0.273 e. The van der Waals surface area contributed by atoms with Crippen LogP contribution in [0.2, 0.25) is 0 Å². The Morgan fingerprint density at radius 3 is 2.62 bits per heavy atom. The number of fused-ring (bicyclic) bond motifs is 1. The summed E-state index contributed by atoms with van der Waals surface area (Å²) in [4.78, 5) is 21.0. The first kappa shape index (κ1) is 16.8. The largest absolute Gasteiger partial charge is 0.335 e. The van der Waals surface area contributed by atoms with E-state index in [-0.39, 0.29) is 5.91 Å². The molecule has 1 saturated heterocycles. The highest BCUT2D eigenvalue weighted by molar-refractivity contribution is 7.10. The standard InChI is InChI=1S/C21H19N3OS/c1-2-20-22-19(15-26-20)21(25)24-11-9-23(10-12-24)14-16-7-8-17-5-3-4-6-18(17)13-16/h1,3-8,13,15H,9-12,14H2. The van der Waals surface area contributed by atoms with Gasteiger partial charge in [-0.1, -0.05) is 36.4 Å². The summed E-state index contributed by atoms with van der Waals surface area (Å²) in [6.45, 7) is 4.07. The average molecular weight is 361 g/mol. The highest BCUT2D eigenvalue weighted by Gasteiger charge is 2.23. The van der Waals surface area contributed by atoms with Gasteiger partial charge in [-0.15, -0.1) is 17.8 Å². The van der Waals surface area contributed by atoms with Gasteiger partial charge in [0.2, 0.25) is 0 Å². The Kier molecular flexibility index (Phi) is 4.70. The molecule has 130 valence electrons. The third-order valence-electron chi connectivity index (χ3n) is 4.73. The molecular formula is C21H19N3OS. The Balaban J connectivity index is 1.37. The second kappa shape index (κ2) is 7.28. The molecule has 1 aromatic heterocycles. The van der Waals surface area contributed by atoms with Gasteiger partial charge < -0.3 is 4.90 Å². The van der Waals surface area contributed by atoms with E-state index >= 15 is 0 Å². The van der Waals surface area contributed by atoms with Crippen LogP contribution in [0, 0.1) is 12.3 Å². The summed E-state index contributed by atoms with van der Waals surface area (Å²) in [5, 5.41) is 4.84. The SMILES string of the molecule is C#Cc1nc(C(=O)N2CCN(Cc3ccc4ccccc4c3)CC2)cs1. The fraction of sp³-hybridized carbons (Fsp3) is 0.238. The average Bonchev–Trinajstić information content (AvgIpc) is 3.17. The summed E-state index contributed by atoms with van der Waals surface area (Å²) in [7, 11) is 0. The third kappa shape index (κ3) is 3.48. The van der Waals surface area contributed by atoms with Crippen LogP contribution in [0.25, 0.3) is 10.8 Å². The molecule has 3 aromatic rings. The van der Waals surface area contributed by atoms with Crippen molar-refractivity contribution in [2.75, 3.05) is 26.2 Å². The summed E-state index contributed by atoms with van der Waals surface area (Å²) >= 11 is 1.34. The number of carbonyl (C=O) groups excluding carboxylic acids is 1. The fourth-order valence-electron chi connectivity index (χ4n) is 3.30. The number of hydrogen-bond donors (Lipinski definition) is 0. The lowest BCUT2D eigenvalue weighted by molar-refractivity contribution is 0.0623. The van der Waals surface area contributed by atoms with Crippen molar-refractivity contribution in [2.24, 2.45) is 0 Å². The predicted molar refractivity (Wildman–Crippen MR) is 105 cm³/mol. The Labute approximate surface area is 157 Å². The van der Waals surface area contributed by atoms with Gasteiger partial charge in [0.25, 0.3) is 5.91 Å². The molecule has 0 aliphatic carbocycles. The molecule has 4 nitrogen and oxygen atoms in total. The highest BCUT2D eigenvalue weighted by Crippen LogP contribution is 2.18. The van der Waals surface area contributed by atoms with Crippen LogP contribution in [0.5, 0.6) is 0 Å². The molecule has 0 bridgehead atoms. The van der Waals surface area contributed by atoms with E-state index < -0.39 is 0 Å². The van der Waals surface area contributed by atoms with E-state index in [4.69, 9.17) is 6.42 Å². The van der Waals surface area contributed by atoms with Gasteiger partial charge in [-0.05, 0) is 28.3 Å². The van der Waals surface area contributed by atoms with Crippen LogP contribution >= 0.6 is 11.3 Å². The summed E-state index contributed by atoms with van der Waals surface area (Å²) in [5.41, 5.74) is 1.77. The molecule has 0 spiro atoms. The number of benzene rings is 2. The molecule has 4 rings (SSSR count). The Hall–Kier alpha value is -2.68. The van der Waals surface area contributed by atoms with Crippen molar-refractivity contribution < 1.29 is 4.79 Å². The number of aromatic nitrogens is 1. The number of terminal acetylenes is 1. The summed E-state index contributed by atoms with van der Waals surface area (Å²) in [6, 6.07) is 15.0. The van der Waals surface area contributed by atoms with Crippen molar-refractivity contribution in [2.45, 2.75) is 6.54 Å². The normalized spacial score (nSPS) is 15.1. The first-order chi connectivity index (χ1) is 12.7. The topological polar surface area (TPSA) is 36.4 Å². The monoisotopic (exact) mass is 361 g/mol. The second-order valence-electron chi connectivity index (χ2n) is 6.43. The molecule has 5 heteroatoms. The molecule has 0 unspecified atom stereocenters. The number of rotatable bonds is 3. The molecule has 0 radical (unpaired) electrons. The maximum atomic E-state index is 12.5. The maximum Gasteiger partial charge on any atom is 0.273 e. The van der Waals surface area contributed by atoms with Crippen LogP contribution in [0.4, 0.5) is 0 Å². The Morgan fingerprint density at radius 1 is 1.12 bits per heavy atom. The Morgan fingerprint density at radius 2 is 1.88 bits per heavy atom. The van der Waals surface area contributed by atoms with Crippen molar-refractivity contribution in [3.05, 3.63) is 64.1 Å². The minimum absolute atomic E-state index is 0.0203. The van der Waals surface area contributed by atoms with Crippen LogP contribution < -0.4 is 0 Å². The lowest BCUT2D eigenvalue weighted by Gasteiger charge is -2.34. The first-order valence-corrected chi connectivity index (χ1v) is 9.52. The van der Waals surface area contributed by atoms with Gasteiger partial charge in [0.15, 0.2) is 5.01 Å². The van der Waals surface area contributed by atoms with E-state index in [9.17, 15) is 4.79 Å². The fourth-order valence-corrected chi connectivity index (χ4v) is 3.90. The van der Waals surface area contributed by atoms with Gasteiger partial charge >= 0.3 is 0 Å². The van der Waals surface area contributed by atoms with Crippen molar-refractivity contribution >= 4 is 28.0 Å². The second-order valence-corrected chi connectivity index (χ2v) is 7.29. The van der Waals surface area contributed by atoms with E-state index in [0.717, 1.165) is 32.7 Å². The van der Waals surface area contributed by atoms with Crippen LogP contribution in [-0.2, 0) is 6.54 Å². The summed E-state index contributed by atoms with van der Waals surface area (Å²) < 4.78 is 0. The van der Waals surface area contributed by atoms with E-state index in [1.807, 2.05) is 4.90 Å². The highest BCUT2D eigenvalue weighted by atomic mass is 32.1. The number of piperazine rings is 1. The van der Waals surface area contributed by atoms with Gasteiger partial charge in [-0.3, -0.25) is 9.69 Å². The molecular weight excluding hydrogens is 342 g/mol. The minimum atomic E-state index is -0.0203. The zero-order valence-corrected chi connectivity index (χ0v) is 15.2. The van der Waals surface area contributed by atoms with Crippen molar-refractivity contribution in [3.8, 4) is 12.3 Å². The van der Waals surface area contributed by atoms with Crippen LogP contribution in [0.1, 0.15) is 21.1 Å². The summed E-state index contributed by atoms with van der Waals surface area (Å²) in [6.07, 6.45) is 5.33. The lowest BCUT2D eigenvalue weighted by Crippen LogP contribution is -2.48. The van der Waals surface area contributed by atoms with Crippen LogP contribution in [0.3, 0.4) is 0 Å². The molecule has 2 heterocycles. The van der Waals surface area contributed by atoms with E-state index in [1.165, 1.54) is 27.7 Å². The van der Waals surface area contributed by atoms with Gasteiger partial charge in [0, 0.05) is 38.1 Å². The van der Waals surface area contributed by atoms with Gasteiger partial charge in [0.1, 0.15) is 5.69 Å². The number of thiazole rings is 1. The molecule has 0 saturated carbocycles. The first-order valence-electron chi connectivity index (χ1n) is 8.64. The zero-order chi connectivity index (χ0) is 17.9. The molecule has 0 N–H and O–H groups in total. The van der Waals surface area contributed by atoms with Crippen molar-refractivity contribution in [3.63, 3.8) is 0 Å². The molecule has 26 heavy (non-hydrogen) atoms. The van der Waals surface area contributed by atoms with Gasteiger partial charge in [-0.2, -0.15) is 0 Å². The number of carbonyl (C=O) groups is 1. The quantitative estimate of drug-likeness (QED) is 0.672. The molecule has 2 aromatic carbocycles. The van der Waals surface area contributed by atoms with Crippen molar-refractivity contribution in [1.29, 1.82) is 0 Å². The predicted octanol–water partition coefficient (Wildman–Crippen LogP) is 3.24. The minimum Gasteiger partial charge on any atom is -0.335 e. The van der Waals surface area contributed by atoms with Crippen molar-refractivity contribution in [1.82, 2.24) is 14.8 Å². The molecule has 1 aliphatic heterocycles. The van der Waals surface area contributed by atoms with E-state index in [1.54, 1.807) is 5.38 Å².